The summed E-state index contributed by atoms with van der Waals surface area (Å²) in [6.07, 6.45) is 2.38. The number of urea groups is 1. The van der Waals surface area contributed by atoms with E-state index in [9.17, 15) is 18.0 Å². The van der Waals surface area contributed by atoms with E-state index >= 15 is 0 Å². The quantitative estimate of drug-likeness (QED) is 0.574. The Morgan fingerprint density at radius 1 is 1.27 bits per heavy atom. The maximum Gasteiger partial charge on any atom is 0.419 e. The number of carbonyl (C=O) groups excluding carboxylic acids is 1. The van der Waals surface area contributed by atoms with E-state index in [0.717, 1.165) is 5.56 Å². The van der Waals surface area contributed by atoms with Gasteiger partial charge in [0.25, 0.3) is 0 Å². The number of nitrogens with zero attached hydrogens (tertiary/aromatic N) is 4. The van der Waals surface area contributed by atoms with E-state index in [-0.39, 0.29) is 18.0 Å². The molecule has 172 valence electrons. The van der Waals surface area contributed by atoms with Crippen molar-refractivity contribution in [2.45, 2.75) is 19.5 Å². The van der Waals surface area contributed by atoms with Crippen LogP contribution in [0.15, 0.2) is 59.2 Å². The van der Waals surface area contributed by atoms with Crippen LogP contribution in [0.25, 0.3) is 6.08 Å². The molecular formula is C22H20F3N5O3. The van der Waals surface area contributed by atoms with Crippen molar-refractivity contribution in [1.29, 1.82) is 0 Å². The van der Waals surface area contributed by atoms with E-state index in [2.05, 4.69) is 20.4 Å². The van der Waals surface area contributed by atoms with Crippen LogP contribution in [0.1, 0.15) is 24.5 Å². The number of benzene rings is 1. The van der Waals surface area contributed by atoms with Crippen LogP contribution in [0.5, 0.6) is 11.8 Å². The Balaban J connectivity index is 1.39. The van der Waals surface area contributed by atoms with Crippen molar-refractivity contribution < 1.29 is 27.2 Å². The number of piperidine rings is 1. The largest absolute Gasteiger partial charge is 0.424 e. The maximum absolute atomic E-state index is 12.6. The number of nitrogens with one attached hydrogen (secondary N) is 1. The summed E-state index contributed by atoms with van der Waals surface area (Å²) in [5.74, 6) is 0.539. The van der Waals surface area contributed by atoms with Gasteiger partial charge >= 0.3 is 18.2 Å². The summed E-state index contributed by atoms with van der Waals surface area (Å²) in [6.45, 7) is 3.16. The van der Waals surface area contributed by atoms with Crippen molar-refractivity contribution in [3.63, 3.8) is 0 Å². The summed E-state index contributed by atoms with van der Waals surface area (Å²) in [7, 11) is 0. The standard InChI is InChI=1S/C22H20F3N5O3/c1-14-12-30(21(31)29-18-11-28-32-13-18)6-5-16(14)7-15-3-2-4-19(8-15)33-20-26-9-17(10-27-20)22(23,24)25/h2-4,7-11,13-14H,5-6,12H2,1H3,(H,29,31). The van der Waals surface area contributed by atoms with E-state index in [1.807, 2.05) is 19.1 Å². The van der Waals surface area contributed by atoms with Crippen LogP contribution in [-0.2, 0) is 6.18 Å². The number of anilines is 1. The number of halogens is 3. The molecule has 0 radical (unpaired) electrons. The van der Waals surface area contributed by atoms with Gasteiger partial charge in [-0.1, -0.05) is 35.9 Å². The lowest BCUT2D eigenvalue weighted by molar-refractivity contribution is -0.138. The van der Waals surface area contributed by atoms with Crippen LogP contribution in [-0.4, -0.2) is 39.1 Å². The molecule has 1 N–H and O–H groups in total. The number of likely N-dealkylation sites (tertiary alicyclic amines) is 1. The van der Waals surface area contributed by atoms with Crippen molar-refractivity contribution in [1.82, 2.24) is 20.0 Å². The van der Waals surface area contributed by atoms with Gasteiger partial charge in [0.2, 0.25) is 0 Å². The second-order valence-electron chi connectivity index (χ2n) is 7.59. The van der Waals surface area contributed by atoms with Crippen LogP contribution in [0.3, 0.4) is 0 Å². The number of amides is 2. The SMILES string of the molecule is CC1CN(C(=O)Nc2cnoc2)CCC1=Cc1cccc(Oc2ncc(C(F)(F)F)cn2)c1. The summed E-state index contributed by atoms with van der Waals surface area (Å²) >= 11 is 0. The number of alkyl halides is 3. The van der Waals surface area contributed by atoms with Crippen LogP contribution in [0.2, 0.25) is 0 Å². The minimum Gasteiger partial charge on any atom is -0.424 e. The molecule has 1 fully saturated rings. The highest BCUT2D eigenvalue weighted by molar-refractivity contribution is 5.89. The monoisotopic (exact) mass is 459 g/mol. The van der Waals surface area contributed by atoms with Gasteiger partial charge in [-0.3, -0.25) is 0 Å². The second-order valence-corrected chi connectivity index (χ2v) is 7.59. The fourth-order valence-electron chi connectivity index (χ4n) is 3.42. The Bertz CT molecular complexity index is 1130. The predicted molar refractivity (Wildman–Crippen MR) is 112 cm³/mol. The van der Waals surface area contributed by atoms with Gasteiger partial charge in [0.15, 0.2) is 0 Å². The van der Waals surface area contributed by atoms with Crippen molar-refractivity contribution in [2.75, 3.05) is 18.4 Å². The normalized spacial score (nSPS) is 17.8. The summed E-state index contributed by atoms with van der Waals surface area (Å²) in [6, 6.07) is 6.71. The van der Waals surface area contributed by atoms with E-state index < -0.39 is 11.7 Å². The van der Waals surface area contributed by atoms with E-state index in [1.54, 1.807) is 23.1 Å². The number of aromatic nitrogens is 3. The first-order valence-corrected chi connectivity index (χ1v) is 10.1. The minimum absolute atomic E-state index is 0.134. The van der Waals surface area contributed by atoms with E-state index in [4.69, 9.17) is 9.26 Å². The van der Waals surface area contributed by atoms with Gasteiger partial charge in [0.05, 0.1) is 11.8 Å². The van der Waals surface area contributed by atoms with Gasteiger partial charge in [0.1, 0.15) is 17.7 Å². The minimum atomic E-state index is -4.51. The van der Waals surface area contributed by atoms with Crippen molar-refractivity contribution in [3.05, 3.63) is 65.8 Å². The lowest BCUT2D eigenvalue weighted by Gasteiger charge is -2.33. The van der Waals surface area contributed by atoms with Gasteiger partial charge < -0.3 is 19.5 Å². The molecular weight excluding hydrogens is 439 g/mol. The first-order chi connectivity index (χ1) is 15.8. The molecule has 0 aliphatic carbocycles. The molecule has 2 aromatic heterocycles. The third-order valence-corrected chi connectivity index (χ3v) is 5.14. The molecule has 0 spiro atoms. The third-order valence-electron chi connectivity index (χ3n) is 5.14. The molecule has 1 aliphatic heterocycles. The zero-order valence-corrected chi connectivity index (χ0v) is 17.5. The molecule has 8 nitrogen and oxygen atoms in total. The zero-order valence-electron chi connectivity index (χ0n) is 17.5. The van der Waals surface area contributed by atoms with Crippen LogP contribution in [0, 0.1) is 5.92 Å². The van der Waals surface area contributed by atoms with Crippen molar-refractivity contribution in [3.8, 4) is 11.8 Å². The molecule has 33 heavy (non-hydrogen) atoms. The molecule has 0 bridgehead atoms. The molecule has 3 heterocycles. The van der Waals surface area contributed by atoms with Gasteiger partial charge in [-0.2, -0.15) is 13.2 Å². The highest BCUT2D eigenvalue weighted by Crippen LogP contribution is 2.30. The molecule has 0 saturated carbocycles. The molecule has 11 heteroatoms. The molecule has 1 aromatic carbocycles. The zero-order chi connectivity index (χ0) is 23.4. The average Bonchev–Trinajstić information content (AvgIpc) is 3.28. The maximum atomic E-state index is 12.6. The molecule has 3 aromatic rings. The Kier molecular flexibility index (Phi) is 6.29. The third kappa shape index (κ3) is 5.68. The van der Waals surface area contributed by atoms with Crippen LogP contribution in [0.4, 0.5) is 23.7 Å². The summed E-state index contributed by atoms with van der Waals surface area (Å²) in [5.41, 5.74) is 1.60. The molecule has 1 unspecified atom stereocenters. The van der Waals surface area contributed by atoms with Gasteiger partial charge in [-0.15, -0.1) is 0 Å². The Morgan fingerprint density at radius 2 is 2.06 bits per heavy atom. The Morgan fingerprint density at radius 3 is 2.73 bits per heavy atom. The number of hydrogen-bond donors (Lipinski definition) is 1. The van der Waals surface area contributed by atoms with Gasteiger partial charge in [-0.25, -0.2) is 14.8 Å². The topological polar surface area (TPSA) is 93.4 Å². The summed E-state index contributed by atoms with van der Waals surface area (Å²) in [5, 5.41) is 6.30. The van der Waals surface area contributed by atoms with E-state index in [0.29, 0.717) is 43.3 Å². The van der Waals surface area contributed by atoms with Crippen LogP contribution >= 0.6 is 0 Å². The number of hydrogen-bond acceptors (Lipinski definition) is 6. The summed E-state index contributed by atoms with van der Waals surface area (Å²) in [4.78, 5) is 21.4. The number of rotatable bonds is 4. The van der Waals surface area contributed by atoms with E-state index in [1.165, 1.54) is 18.0 Å². The lowest BCUT2D eigenvalue weighted by atomic mass is 9.91. The first-order valence-electron chi connectivity index (χ1n) is 10.1. The second kappa shape index (κ2) is 9.31. The highest BCUT2D eigenvalue weighted by Gasteiger charge is 2.31. The average molecular weight is 459 g/mol. The Hall–Kier alpha value is -3.89. The number of carbonyl (C=O) groups is 1. The first kappa shape index (κ1) is 22.3. The smallest absolute Gasteiger partial charge is 0.419 e. The fourth-order valence-corrected chi connectivity index (χ4v) is 3.42. The van der Waals surface area contributed by atoms with Crippen LogP contribution < -0.4 is 10.1 Å². The fraction of sp³-hybridized carbons (Fsp3) is 0.273. The van der Waals surface area contributed by atoms with Gasteiger partial charge in [0, 0.05) is 25.5 Å². The van der Waals surface area contributed by atoms with Crippen molar-refractivity contribution in [2.24, 2.45) is 5.92 Å². The molecule has 1 saturated heterocycles. The van der Waals surface area contributed by atoms with Gasteiger partial charge in [-0.05, 0) is 30.0 Å². The summed E-state index contributed by atoms with van der Waals surface area (Å²) < 4.78 is 48.2. The Labute approximate surface area is 187 Å². The lowest BCUT2D eigenvalue weighted by Crippen LogP contribution is -2.42. The molecule has 4 rings (SSSR count). The highest BCUT2D eigenvalue weighted by atomic mass is 19.4. The number of ether oxygens (including phenoxy) is 1. The predicted octanol–water partition coefficient (Wildman–Crippen LogP) is 5.23. The molecule has 2 amide bonds. The van der Waals surface area contributed by atoms with Crippen molar-refractivity contribution >= 4 is 17.8 Å². The molecule has 1 atom stereocenters. The molecule has 1 aliphatic rings.